The van der Waals surface area contributed by atoms with E-state index in [1.54, 1.807) is 0 Å². The third-order valence-electron chi connectivity index (χ3n) is 1.89. The van der Waals surface area contributed by atoms with Crippen molar-refractivity contribution in [3.05, 3.63) is 0 Å². The summed E-state index contributed by atoms with van der Waals surface area (Å²) in [4.78, 5) is 11.0. The van der Waals surface area contributed by atoms with Crippen molar-refractivity contribution in [3.8, 4) is 0 Å². The molecule has 5 heteroatoms. The van der Waals surface area contributed by atoms with Gasteiger partial charge in [-0.1, -0.05) is 0 Å². The predicted octanol–water partition coefficient (Wildman–Crippen LogP) is 1.22. The van der Waals surface area contributed by atoms with Gasteiger partial charge in [-0.25, -0.2) is 13.6 Å². The Morgan fingerprint density at radius 2 is 2.15 bits per heavy atom. The van der Waals surface area contributed by atoms with Crippen molar-refractivity contribution in [1.82, 2.24) is 0 Å². The van der Waals surface area contributed by atoms with Gasteiger partial charge in [0.05, 0.1) is 7.11 Å². The van der Waals surface area contributed by atoms with Gasteiger partial charge in [0.25, 0.3) is 6.43 Å². The Hall–Kier alpha value is -0.710. The van der Waals surface area contributed by atoms with Crippen LogP contribution in [-0.2, 0) is 14.3 Å². The predicted molar refractivity (Wildman–Crippen MR) is 40.5 cm³/mol. The molecular weight excluding hydrogens is 182 g/mol. The molecule has 13 heavy (non-hydrogen) atoms. The number of rotatable bonds is 5. The van der Waals surface area contributed by atoms with E-state index in [2.05, 4.69) is 4.74 Å². The maximum atomic E-state index is 11.8. The summed E-state index contributed by atoms with van der Waals surface area (Å²) in [6, 6.07) is 0. The van der Waals surface area contributed by atoms with Crippen LogP contribution in [0.5, 0.6) is 0 Å². The minimum atomic E-state index is -2.54. The van der Waals surface area contributed by atoms with E-state index < -0.39 is 25.1 Å². The summed E-state index contributed by atoms with van der Waals surface area (Å²) < 4.78 is 32.7. The third-order valence-corrected chi connectivity index (χ3v) is 1.89. The highest BCUT2D eigenvalue weighted by molar-refractivity contribution is 5.75. The molecule has 0 heterocycles. The number of ether oxygens (including phenoxy) is 2. The molecule has 1 atom stereocenters. The van der Waals surface area contributed by atoms with Crippen LogP contribution in [0.3, 0.4) is 0 Å². The average Bonchev–Trinajstić information content (AvgIpc) is 2.87. The summed E-state index contributed by atoms with van der Waals surface area (Å²) >= 11 is 0. The third kappa shape index (κ3) is 3.26. The largest absolute Gasteiger partial charge is 0.467 e. The Morgan fingerprint density at radius 3 is 2.54 bits per heavy atom. The zero-order valence-corrected chi connectivity index (χ0v) is 7.33. The van der Waals surface area contributed by atoms with Gasteiger partial charge in [0.1, 0.15) is 6.61 Å². The van der Waals surface area contributed by atoms with E-state index in [9.17, 15) is 13.6 Å². The van der Waals surface area contributed by atoms with Crippen LogP contribution in [0.4, 0.5) is 8.78 Å². The van der Waals surface area contributed by atoms with E-state index >= 15 is 0 Å². The van der Waals surface area contributed by atoms with E-state index in [1.165, 1.54) is 7.11 Å². The Bertz CT molecular complexity index is 180. The van der Waals surface area contributed by atoms with Crippen LogP contribution in [0.25, 0.3) is 0 Å². The van der Waals surface area contributed by atoms with Gasteiger partial charge >= 0.3 is 5.97 Å². The molecule has 1 fully saturated rings. The summed E-state index contributed by atoms with van der Waals surface area (Å²) in [6.07, 6.45) is -1.63. The van der Waals surface area contributed by atoms with Gasteiger partial charge in [0.2, 0.25) is 0 Å². The first-order valence-corrected chi connectivity index (χ1v) is 4.12. The summed E-state index contributed by atoms with van der Waals surface area (Å²) in [7, 11) is 1.23. The first-order chi connectivity index (χ1) is 6.15. The Morgan fingerprint density at radius 1 is 1.54 bits per heavy atom. The number of hydrogen-bond acceptors (Lipinski definition) is 3. The molecule has 0 saturated heterocycles. The Kier molecular flexibility index (Phi) is 3.59. The summed E-state index contributed by atoms with van der Waals surface area (Å²) in [5.74, 6) is -0.477. The van der Waals surface area contributed by atoms with Crippen LogP contribution in [0, 0.1) is 5.92 Å². The molecule has 1 unspecified atom stereocenters. The number of alkyl halides is 2. The zero-order chi connectivity index (χ0) is 9.84. The topological polar surface area (TPSA) is 35.5 Å². The van der Waals surface area contributed by atoms with E-state index in [1.807, 2.05) is 0 Å². The number of halogens is 2. The molecule has 76 valence electrons. The molecule has 1 aliphatic rings. The molecule has 0 aromatic rings. The van der Waals surface area contributed by atoms with E-state index in [0.717, 1.165) is 12.8 Å². The average molecular weight is 194 g/mol. The first kappa shape index (κ1) is 10.4. The van der Waals surface area contributed by atoms with Crippen molar-refractivity contribution in [1.29, 1.82) is 0 Å². The number of carbonyl (C=O) groups is 1. The van der Waals surface area contributed by atoms with Crippen LogP contribution in [0.2, 0.25) is 0 Å². The van der Waals surface area contributed by atoms with Gasteiger partial charge in [0.15, 0.2) is 6.10 Å². The second kappa shape index (κ2) is 4.50. The molecule has 0 N–H and O–H groups in total. The van der Waals surface area contributed by atoms with Crippen molar-refractivity contribution in [2.45, 2.75) is 25.4 Å². The maximum Gasteiger partial charge on any atom is 0.335 e. The van der Waals surface area contributed by atoms with Crippen LogP contribution in [0.15, 0.2) is 0 Å². The first-order valence-electron chi connectivity index (χ1n) is 4.12. The smallest absolute Gasteiger partial charge is 0.335 e. The van der Waals surface area contributed by atoms with Gasteiger partial charge in [-0.2, -0.15) is 0 Å². The molecule has 0 spiro atoms. The van der Waals surface area contributed by atoms with Gasteiger partial charge in [-0.15, -0.1) is 0 Å². The minimum absolute atomic E-state index is 0.0752. The van der Waals surface area contributed by atoms with E-state index in [-0.39, 0.29) is 5.92 Å². The normalized spacial score (nSPS) is 18.8. The van der Waals surface area contributed by atoms with Crippen LogP contribution < -0.4 is 0 Å². The molecule has 0 bridgehead atoms. The van der Waals surface area contributed by atoms with Crippen LogP contribution in [-0.4, -0.2) is 32.2 Å². The molecule has 3 nitrogen and oxygen atoms in total. The highest BCUT2D eigenvalue weighted by Gasteiger charge is 2.38. The second-order valence-electron chi connectivity index (χ2n) is 3.01. The van der Waals surface area contributed by atoms with Crippen molar-refractivity contribution in [2.75, 3.05) is 13.7 Å². The van der Waals surface area contributed by atoms with Crippen molar-refractivity contribution < 1.29 is 23.0 Å². The van der Waals surface area contributed by atoms with Gasteiger partial charge in [-0.05, 0) is 18.8 Å². The number of hydrogen-bond donors (Lipinski definition) is 0. The van der Waals surface area contributed by atoms with E-state index in [4.69, 9.17) is 4.74 Å². The molecule has 1 aliphatic carbocycles. The zero-order valence-electron chi connectivity index (χ0n) is 7.33. The summed E-state index contributed by atoms with van der Waals surface area (Å²) in [5.41, 5.74) is 0. The Balaban J connectivity index is 2.33. The molecule has 1 saturated carbocycles. The number of carbonyl (C=O) groups excluding carboxylic acids is 1. The second-order valence-corrected chi connectivity index (χ2v) is 3.01. The summed E-state index contributed by atoms with van der Waals surface area (Å²) in [6.45, 7) is -0.698. The highest BCUT2D eigenvalue weighted by atomic mass is 19.3. The molecule has 0 aliphatic heterocycles. The number of esters is 1. The van der Waals surface area contributed by atoms with E-state index in [0.29, 0.717) is 0 Å². The maximum absolute atomic E-state index is 11.8. The van der Waals surface area contributed by atoms with Crippen LogP contribution >= 0.6 is 0 Å². The van der Waals surface area contributed by atoms with Gasteiger partial charge in [-0.3, -0.25) is 0 Å². The lowest BCUT2D eigenvalue weighted by Gasteiger charge is -2.13. The fourth-order valence-corrected chi connectivity index (χ4v) is 1.09. The molecule has 0 radical (unpaired) electrons. The Labute approximate surface area is 75.0 Å². The van der Waals surface area contributed by atoms with Crippen LogP contribution in [0.1, 0.15) is 12.8 Å². The lowest BCUT2D eigenvalue weighted by molar-refractivity contribution is -0.158. The molecule has 0 aromatic carbocycles. The molecule has 0 aromatic heterocycles. The lowest BCUT2D eigenvalue weighted by atomic mass is 10.2. The molecule has 0 amide bonds. The standard InChI is InChI=1S/C8H12F2O3/c1-12-8(11)7(5-2-3-5)13-4-6(9)10/h5-7H,2-4H2,1H3. The minimum Gasteiger partial charge on any atom is -0.467 e. The fourth-order valence-electron chi connectivity index (χ4n) is 1.09. The van der Waals surface area contributed by atoms with Gasteiger partial charge < -0.3 is 9.47 Å². The highest BCUT2D eigenvalue weighted by Crippen LogP contribution is 2.34. The quantitative estimate of drug-likeness (QED) is 0.617. The molecule has 1 rings (SSSR count). The van der Waals surface area contributed by atoms with Crippen molar-refractivity contribution in [3.63, 3.8) is 0 Å². The molecular formula is C8H12F2O3. The van der Waals surface area contributed by atoms with Crippen molar-refractivity contribution in [2.24, 2.45) is 5.92 Å². The summed E-state index contributed by atoms with van der Waals surface area (Å²) in [5, 5.41) is 0. The SMILES string of the molecule is COC(=O)C(OCC(F)F)C1CC1. The number of methoxy groups -OCH3 is 1. The monoisotopic (exact) mass is 194 g/mol. The van der Waals surface area contributed by atoms with Crippen molar-refractivity contribution >= 4 is 5.97 Å². The van der Waals surface area contributed by atoms with Gasteiger partial charge in [0, 0.05) is 0 Å². The lowest BCUT2D eigenvalue weighted by Crippen LogP contribution is -2.29. The fraction of sp³-hybridized carbons (Fsp3) is 0.875.